The molecule has 5 rings (SSSR count). The molecule has 2 fully saturated rings. The van der Waals surface area contributed by atoms with E-state index in [1.54, 1.807) is 9.80 Å². The minimum atomic E-state index is -5.76. The molecule has 4 N–H and O–H groups in total. The van der Waals surface area contributed by atoms with Gasteiger partial charge in [-0.3, -0.25) is 18.9 Å². The SMILES string of the molecule is CC(C)(C)C(NC(=O)c1cc2cc(C(F)(F)P(=O)(O)O)ccc2s1)C(=O)N1CCC[C@H]1C(=O)N1CCN[C@@H](c2ccccc2)C1. The third-order valence-corrected chi connectivity index (χ3v) is 10.5. The van der Waals surface area contributed by atoms with E-state index in [0.717, 1.165) is 29.0 Å². The van der Waals surface area contributed by atoms with Crippen molar-refractivity contribution < 1.29 is 37.5 Å². The number of likely N-dealkylation sites (tertiary alicyclic amines) is 1. The number of carbonyl (C=O) groups is 3. The molecule has 242 valence electrons. The number of piperazine rings is 1. The van der Waals surface area contributed by atoms with Crippen LogP contribution in [0.25, 0.3) is 10.1 Å². The van der Waals surface area contributed by atoms with Gasteiger partial charge in [0.05, 0.1) is 4.88 Å². The van der Waals surface area contributed by atoms with Gasteiger partial charge in [0.25, 0.3) is 5.91 Å². The number of amides is 3. The van der Waals surface area contributed by atoms with Crippen molar-refractivity contribution in [2.24, 2.45) is 5.41 Å². The van der Waals surface area contributed by atoms with Crippen LogP contribution < -0.4 is 10.6 Å². The van der Waals surface area contributed by atoms with E-state index in [4.69, 9.17) is 9.79 Å². The van der Waals surface area contributed by atoms with E-state index in [9.17, 15) is 27.7 Å². The van der Waals surface area contributed by atoms with Crippen molar-refractivity contribution in [2.75, 3.05) is 26.2 Å². The standard InChI is InChI=1S/C31H37F2N4O6PS/c1-30(2,3)26(35-27(38)25-17-20-16-21(11-12-24(20)45-25)31(32,33)44(41,42)43)29(40)37-14-7-10-23(37)28(39)36-15-13-34-22(18-36)19-8-5-4-6-9-19/h4-6,8-9,11-12,16-17,22-23,26,34H,7,10,13-15,18H2,1-3H3,(H,35,38)(H2,41,42,43)/t22-,23+,26?/m1/s1. The van der Waals surface area contributed by atoms with Gasteiger partial charge in [0.1, 0.15) is 12.1 Å². The predicted octanol–water partition coefficient (Wildman–Crippen LogP) is 4.44. The number of halogens is 2. The van der Waals surface area contributed by atoms with Gasteiger partial charge in [-0.05, 0) is 47.4 Å². The summed E-state index contributed by atoms with van der Waals surface area (Å²) in [6.45, 7) is 7.44. The van der Waals surface area contributed by atoms with Crippen molar-refractivity contribution in [3.05, 3.63) is 70.6 Å². The number of alkyl halides is 2. The average Bonchev–Trinajstić information content (AvgIpc) is 3.66. The van der Waals surface area contributed by atoms with E-state index >= 15 is 0 Å². The van der Waals surface area contributed by atoms with E-state index < -0.39 is 42.2 Å². The Morgan fingerprint density at radius 3 is 2.44 bits per heavy atom. The van der Waals surface area contributed by atoms with E-state index in [1.807, 2.05) is 51.1 Å². The lowest BCUT2D eigenvalue weighted by Crippen LogP contribution is -2.59. The lowest BCUT2D eigenvalue weighted by Gasteiger charge is -2.39. The van der Waals surface area contributed by atoms with Crippen molar-refractivity contribution >= 4 is 46.7 Å². The molecular formula is C31H37F2N4O6PS. The summed E-state index contributed by atoms with van der Waals surface area (Å²) in [5.41, 5.74) is -4.89. The van der Waals surface area contributed by atoms with Crippen LogP contribution in [0.4, 0.5) is 8.78 Å². The molecule has 45 heavy (non-hydrogen) atoms. The molecule has 3 aromatic rings. The van der Waals surface area contributed by atoms with Crippen LogP contribution in [0.3, 0.4) is 0 Å². The Balaban J connectivity index is 1.32. The van der Waals surface area contributed by atoms with Gasteiger partial charge in [0.2, 0.25) is 11.8 Å². The summed E-state index contributed by atoms with van der Waals surface area (Å²) in [4.78, 5) is 63.0. The Kier molecular flexibility index (Phi) is 9.23. The first-order valence-electron chi connectivity index (χ1n) is 14.7. The monoisotopic (exact) mass is 662 g/mol. The molecular weight excluding hydrogens is 625 g/mol. The highest BCUT2D eigenvalue weighted by atomic mass is 32.1. The highest BCUT2D eigenvalue weighted by Crippen LogP contribution is 2.59. The molecule has 2 saturated heterocycles. The first kappa shape index (κ1) is 33.2. The van der Waals surface area contributed by atoms with E-state index in [0.29, 0.717) is 43.7 Å². The number of benzene rings is 2. The number of fused-ring (bicyclic) bond motifs is 1. The fourth-order valence-electron chi connectivity index (χ4n) is 5.88. The first-order valence-corrected chi connectivity index (χ1v) is 17.2. The topological polar surface area (TPSA) is 139 Å². The Labute approximate surface area is 263 Å². The maximum absolute atomic E-state index is 14.3. The summed E-state index contributed by atoms with van der Waals surface area (Å²) in [5, 5.41) is 6.49. The van der Waals surface area contributed by atoms with Crippen LogP contribution in [0, 0.1) is 5.41 Å². The molecule has 0 saturated carbocycles. The number of thiophene rings is 1. The molecule has 3 atom stereocenters. The minimum Gasteiger partial charge on any atom is -0.339 e. The molecule has 2 aliphatic rings. The van der Waals surface area contributed by atoms with Crippen LogP contribution in [0.15, 0.2) is 54.6 Å². The summed E-state index contributed by atoms with van der Waals surface area (Å²) in [5.74, 6) is -1.08. The fraction of sp³-hybridized carbons (Fsp3) is 0.452. The molecule has 3 amide bonds. The summed E-state index contributed by atoms with van der Waals surface area (Å²) < 4.78 is 40.4. The molecule has 0 bridgehead atoms. The highest BCUT2D eigenvalue weighted by molar-refractivity contribution is 7.52. The Bertz CT molecular complexity index is 1640. The van der Waals surface area contributed by atoms with Crippen molar-refractivity contribution in [3.8, 4) is 0 Å². The third-order valence-electron chi connectivity index (χ3n) is 8.35. The number of nitrogens with zero attached hydrogens (tertiary/aromatic N) is 2. The summed E-state index contributed by atoms with van der Waals surface area (Å²) in [6.07, 6.45) is 1.17. The van der Waals surface area contributed by atoms with Crippen LogP contribution in [0.2, 0.25) is 0 Å². The Hall–Kier alpha value is -3.22. The lowest BCUT2D eigenvalue weighted by atomic mass is 9.85. The number of rotatable bonds is 7. The molecule has 1 aromatic heterocycles. The number of hydrogen-bond donors (Lipinski definition) is 4. The fourth-order valence-corrected chi connectivity index (χ4v) is 7.31. The smallest absolute Gasteiger partial charge is 0.339 e. The molecule has 2 aliphatic heterocycles. The average molecular weight is 663 g/mol. The van der Waals surface area contributed by atoms with Crippen molar-refractivity contribution in [1.29, 1.82) is 0 Å². The number of nitrogens with one attached hydrogen (secondary N) is 2. The molecule has 1 unspecified atom stereocenters. The minimum absolute atomic E-state index is 0.0172. The predicted molar refractivity (Wildman–Crippen MR) is 167 cm³/mol. The summed E-state index contributed by atoms with van der Waals surface area (Å²) in [6, 6.07) is 12.7. The van der Waals surface area contributed by atoms with Gasteiger partial charge in [-0.25, -0.2) is 0 Å². The van der Waals surface area contributed by atoms with Gasteiger partial charge in [-0.1, -0.05) is 57.2 Å². The van der Waals surface area contributed by atoms with Gasteiger partial charge in [-0.15, -0.1) is 11.3 Å². The maximum Gasteiger partial charge on any atom is 0.399 e. The first-order chi connectivity index (χ1) is 21.1. The largest absolute Gasteiger partial charge is 0.399 e. The van der Waals surface area contributed by atoms with Crippen LogP contribution in [0.1, 0.15) is 60.5 Å². The maximum atomic E-state index is 14.3. The lowest BCUT2D eigenvalue weighted by molar-refractivity contribution is -0.146. The second kappa shape index (κ2) is 12.5. The zero-order chi connectivity index (χ0) is 32.7. The number of carbonyl (C=O) groups excluding carboxylic acids is 3. The van der Waals surface area contributed by atoms with E-state index in [2.05, 4.69) is 10.6 Å². The van der Waals surface area contributed by atoms with E-state index in [1.165, 1.54) is 12.1 Å². The second-order valence-corrected chi connectivity index (χ2v) is 15.3. The molecule has 0 aliphatic carbocycles. The molecule has 2 aromatic carbocycles. The van der Waals surface area contributed by atoms with Crippen LogP contribution in [-0.4, -0.2) is 75.6 Å². The zero-order valence-corrected chi connectivity index (χ0v) is 26.9. The van der Waals surface area contributed by atoms with Crippen molar-refractivity contribution in [2.45, 2.75) is 57.4 Å². The van der Waals surface area contributed by atoms with Gasteiger partial charge in [-0.2, -0.15) is 8.78 Å². The van der Waals surface area contributed by atoms with Crippen LogP contribution >= 0.6 is 18.9 Å². The van der Waals surface area contributed by atoms with Crippen LogP contribution in [0.5, 0.6) is 0 Å². The van der Waals surface area contributed by atoms with Crippen molar-refractivity contribution in [1.82, 2.24) is 20.4 Å². The van der Waals surface area contributed by atoms with E-state index in [-0.39, 0.29) is 28.1 Å². The Morgan fingerprint density at radius 2 is 1.78 bits per heavy atom. The highest BCUT2D eigenvalue weighted by Gasteiger charge is 2.50. The normalized spacial score (nSPS) is 20.3. The molecule has 0 radical (unpaired) electrons. The quantitative estimate of drug-likeness (QED) is 0.275. The molecule has 14 heteroatoms. The zero-order valence-electron chi connectivity index (χ0n) is 25.2. The Morgan fingerprint density at radius 1 is 1.07 bits per heavy atom. The number of hydrogen-bond acceptors (Lipinski definition) is 6. The summed E-state index contributed by atoms with van der Waals surface area (Å²) >= 11 is 1.01. The third kappa shape index (κ3) is 6.83. The van der Waals surface area contributed by atoms with Crippen molar-refractivity contribution in [3.63, 3.8) is 0 Å². The second-order valence-electron chi connectivity index (χ2n) is 12.6. The van der Waals surface area contributed by atoms with Gasteiger partial charge >= 0.3 is 13.3 Å². The van der Waals surface area contributed by atoms with Gasteiger partial charge in [0, 0.05) is 42.5 Å². The van der Waals surface area contributed by atoms with Crippen LogP contribution in [-0.2, 0) is 19.8 Å². The molecule has 0 spiro atoms. The molecule has 3 heterocycles. The van der Waals surface area contributed by atoms with Gasteiger partial charge in [0.15, 0.2) is 0 Å². The molecule has 10 nitrogen and oxygen atoms in total. The van der Waals surface area contributed by atoms with Gasteiger partial charge < -0.3 is 30.2 Å². The summed E-state index contributed by atoms with van der Waals surface area (Å²) in [7, 11) is -5.76.